The van der Waals surface area contributed by atoms with E-state index in [0.717, 1.165) is 4.90 Å². The molecule has 3 aromatic rings. The summed E-state index contributed by atoms with van der Waals surface area (Å²) in [4.78, 5) is 29.0. The van der Waals surface area contributed by atoms with Crippen LogP contribution in [0.3, 0.4) is 0 Å². The summed E-state index contributed by atoms with van der Waals surface area (Å²) in [6, 6.07) is 12.6. The maximum Gasteiger partial charge on any atom is 0.240 e. The van der Waals surface area contributed by atoms with Gasteiger partial charge in [0, 0.05) is 25.6 Å². The number of benzene rings is 1. The summed E-state index contributed by atoms with van der Waals surface area (Å²) >= 11 is 0. The average molecular weight is 411 g/mol. The lowest BCUT2D eigenvalue weighted by atomic mass is 10.1. The Kier molecular flexibility index (Phi) is 4.99. The lowest BCUT2D eigenvalue weighted by Crippen LogP contribution is -2.28. The number of carbonyl (C=O) groups excluding carboxylic acids is 2. The Hall–Kier alpha value is -3.30. The molecule has 1 saturated heterocycles. The van der Waals surface area contributed by atoms with E-state index < -0.39 is 10.0 Å². The number of anilines is 1. The topological polar surface area (TPSA) is 110 Å². The third kappa shape index (κ3) is 3.82. The predicted molar refractivity (Wildman–Crippen MR) is 104 cm³/mol. The number of aromatic nitrogens is 1. The van der Waals surface area contributed by atoms with Crippen molar-refractivity contribution in [2.24, 2.45) is 0 Å². The number of hydrogen-bond acceptors (Lipinski definition) is 6. The van der Waals surface area contributed by atoms with E-state index in [1.54, 1.807) is 30.5 Å². The Morgan fingerprint density at radius 1 is 1.00 bits per heavy atom. The van der Waals surface area contributed by atoms with Crippen molar-refractivity contribution in [3.63, 3.8) is 0 Å². The van der Waals surface area contributed by atoms with E-state index in [0.29, 0.717) is 22.7 Å². The molecule has 3 heterocycles. The molecule has 148 valence electrons. The number of hydrogen-bond donors (Lipinski definition) is 1. The largest absolute Gasteiger partial charge is 0.463 e. The Morgan fingerprint density at radius 2 is 1.72 bits per heavy atom. The van der Waals surface area contributed by atoms with Crippen LogP contribution < -0.4 is 9.62 Å². The molecule has 4 rings (SSSR count). The van der Waals surface area contributed by atoms with Gasteiger partial charge in [-0.15, -0.1) is 0 Å². The van der Waals surface area contributed by atoms with Gasteiger partial charge in [0.05, 0.1) is 16.8 Å². The van der Waals surface area contributed by atoms with Crippen LogP contribution in [0.25, 0.3) is 11.5 Å². The first kappa shape index (κ1) is 19.0. The lowest BCUT2D eigenvalue weighted by molar-refractivity contribution is -0.121. The number of imide groups is 1. The maximum absolute atomic E-state index is 12.7. The minimum absolute atomic E-state index is 0.0249. The number of amides is 2. The van der Waals surface area contributed by atoms with Gasteiger partial charge in [0.2, 0.25) is 21.8 Å². The Labute approximate surface area is 167 Å². The molecule has 1 aliphatic heterocycles. The molecule has 2 aromatic heterocycles. The molecule has 0 saturated carbocycles. The van der Waals surface area contributed by atoms with Gasteiger partial charge in [0.1, 0.15) is 5.69 Å². The smallest absolute Gasteiger partial charge is 0.240 e. The number of rotatable bonds is 6. The Morgan fingerprint density at radius 3 is 2.38 bits per heavy atom. The highest BCUT2D eigenvalue weighted by atomic mass is 32.2. The quantitative estimate of drug-likeness (QED) is 0.624. The molecule has 1 N–H and O–H groups in total. The zero-order valence-electron chi connectivity index (χ0n) is 15.2. The van der Waals surface area contributed by atoms with Crippen molar-refractivity contribution < 1.29 is 22.4 Å². The van der Waals surface area contributed by atoms with Crippen molar-refractivity contribution >= 4 is 27.5 Å². The van der Waals surface area contributed by atoms with Crippen LogP contribution in [0.2, 0.25) is 0 Å². The molecule has 0 bridgehead atoms. The molecular weight excluding hydrogens is 394 g/mol. The summed E-state index contributed by atoms with van der Waals surface area (Å²) in [6.07, 6.45) is 3.47. The van der Waals surface area contributed by atoms with Crippen molar-refractivity contribution in [2.45, 2.75) is 24.3 Å². The van der Waals surface area contributed by atoms with Crippen LogP contribution in [-0.4, -0.2) is 25.2 Å². The molecule has 0 atom stereocenters. The second-order valence-corrected chi connectivity index (χ2v) is 8.20. The van der Waals surface area contributed by atoms with E-state index in [2.05, 4.69) is 9.71 Å². The van der Waals surface area contributed by atoms with Crippen LogP contribution in [-0.2, 0) is 26.2 Å². The fourth-order valence-electron chi connectivity index (χ4n) is 3.11. The number of furan rings is 1. The van der Waals surface area contributed by atoms with Gasteiger partial charge >= 0.3 is 0 Å². The van der Waals surface area contributed by atoms with Gasteiger partial charge in [-0.05, 0) is 48.0 Å². The van der Waals surface area contributed by atoms with Crippen LogP contribution in [0.4, 0.5) is 5.69 Å². The molecular formula is C20H17N3O5S. The van der Waals surface area contributed by atoms with Gasteiger partial charge in [-0.2, -0.15) is 0 Å². The Balaban J connectivity index is 1.52. The zero-order chi connectivity index (χ0) is 20.4. The monoisotopic (exact) mass is 411 g/mol. The minimum atomic E-state index is -3.81. The molecule has 0 aliphatic carbocycles. The first-order valence-corrected chi connectivity index (χ1v) is 10.4. The second-order valence-electron chi connectivity index (χ2n) is 6.43. The van der Waals surface area contributed by atoms with Crippen molar-refractivity contribution in [1.82, 2.24) is 9.71 Å². The number of carbonyl (C=O) groups is 2. The van der Waals surface area contributed by atoms with Crippen LogP contribution >= 0.6 is 0 Å². The summed E-state index contributed by atoms with van der Waals surface area (Å²) in [7, 11) is -3.81. The van der Waals surface area contributed by atoms with Crippen molar-refractivity contribution in [1.29, 1.82) is 0 Å². The fraction of sp³-hybridized carbons (Fsp3) is 0.150. The first-order valence-electron chi connectivity index (χ1n) is 8.89. The molecule has 1 fully saturated rings. The first-order chi connectivity index (χ1) is 14.0. The molecule has 0 unspecified atom stereocenters. The SMILES string of the molecule is O=C1CCC(=O)N1c1ccc(S(=O)(=O)NCc2cccnc2-c2ccco2)cc1. The highest BCUT2D eigenvalue weighted by Gasteiger charge is 2.30. The summed E-state index contributed by atoms with van der Waals surface area (Å²) in [5.74, 6) is -0.0272. The lowest BCUT2D eigenvalue weighted by Gasteiger charge is -2.14. The summed E-state index contributed by atoms with van der Waals surface area (Å²) in [5, 5.41) is 0. The third-order valence-corrected chi connectivity index (χ3v) is 5.97. The van der Waals surface area contributed by atoms with Gasteiger partial charge in [0.25, 0.3) is 0 Å². The van der Waals surface area contributed by atoms with E-state index in [9.17, 15) is 18.0 Å². The third-order valence-electron chi connectivity index (χ3n) is 4.56. The Bertz CT molecular complexity index is 1140. The highest BCUT2D eigenvalue weighted by molar-refractivity contribution is 7.89. The fourth-order valence-corrected chi connectivity index (χ4v) is 4.12. The maximum atomic E-state index is 12.7. The molecule has 1 aliphatic rings. The summed E-state index contributed by atoms with van der Waals surface area (Å²) in [5.41, 5.74) is 1.58. The van der Waals surface area contributed by atoms with Gasteiger partial charge in [0.15, 0.2) is 5.76 Å². The van der Waals surface area contributed by atoms with E-state index in [1.165, 1.54) is 30.5 Å². The van der Waals surface area contributed by atoms with E-state index in [-0.39, 0.29) is 36.1 Å². The number of sulfonamides is 1. The normalized spacial score (nSPS) is 14.6. The number of nitrogens with one attached hydrogen (secondary N) is 1. The number of nitrogens with zero attached hydrogens (tertiary/aromatic N) is 2. The molecule has 2 amide bonds. The van der Waals surface area contributed by atoms with Crippen LogP contribution in [0.1, 0.15) is 18.4 Å². The van der Waals surface area contributed by atoms with Crippen LogP contribution in [0, 0.1) is 0 Å². The predicted octanol–water partition coefficient (Wildman–Crippen LogP) is 2.47. The van der Waals surface area contributed by atoms with Gasteiger partial charge in [-0.1, -0.05) is 6.07 Å². The van der Waals surface area contributed by atoms with E-state index >= 15 is 0 Å². The molecule has 0 spiro atoms. The second kappa shape index (κ2) is 7.61. The number of pyridine rings is 1. The standard InChI is InChI=1S/C20H17N3O5S/c24-18-9-10-19(25)23(18)15-5-7-16(8-6-15)29(26,27)22-13-14-3-1-11-21-20(14)17-4-2-12-28-17/h1-8,11-12,22H,9-10,13H2. The molecule has 29 heavy (non-hydrogen) atoms. The van der Waals surface area contributed by atoms with Crippen LogP contribution in [0.5, 0.6) is 0 Å². The van der Waals surface area contributed by atoms with Crippen molar-refractivity contribution in [2.75, 3.05) is 4.90 Å². The minimum Gasteiger partial charge on any atom is -0.463 e. The van der Waals surface area contributed by atoms with Gasteiger partial charge < -0.3 is 4.42 Å². The van der Waals surface area contributed by atoms with Crippen molar-refractivity contribution in [3.8, 4) is 11.5 Å². The van der Waals surface area contributed by atoms with Gasteiger partial charge in [-0.3, -0.25) is 19.5 Å². The van der Waals surface area contributed by atoms with Crippen LogP contribution in [0.15, 0.2) is 70.3 Å². The molecule has 8 nitrogen and oxygen atoms in total. The average Bonchev–Trinajstić information content (AvgIpc) is 3.37. The van der Waals surface area contributed by atoms with Gasteiger partial charge in [-0.25, -0.2) is 13.1 Å². The summed E-state index contributed by atoms with van der Waals surface area (Å²) < 4.78 is 33.2. The van der Waals surface area contributed by atoms with Crippen molar-refractivity contribution in [3.05, 3.63) is 66.6 Å². The molecule has 1 aromatic carbocycles. The molecule has 0 radical (unpaired) electrons. The zero-order valence-corrected chi connectivity index (χ0v) is 16.1. The molecule has 9 heteroatoms. The summed E-state index contributed by atoms with van der Waals surface area (Å²) in [6.45, 7) is 0.0249. The highest BCUT2D eigenvalue weighted by Crippen LogP contribution is 2.25. The van der Waals surface area contributed by atoms with E-state index in [1.807, 2.05) is 0 Å². The van der Waals surface area contributed by atoms with E-state index in [4.69, 9.17) is 4.42 Å².